The molecule has 98 valence electrons. The van der Waals surface area contributed by atoms with Crippen molar-refractivity contribution in [2.75, 3.05) is 33.4 Å². The molecule has 1 aromatic rings. The van der Waals surface area contributed by atoms with Crippen LogP contribution in [0.4, 0.5) is 0 Å². The van der Waals surface area contributed by atoms with E-state index in [9.17, 15) is 4.79 Å². The first-order valence-corrected chi connectivity index (χ1v) is 6.13. The molecule has 5 heteroatoms. The van der Waals surface area contributed by atoms with Crippen molar-refractivity contribution in [3.05, 3.63) is 29.6 Å². The zero-order chi connectivity index (χ0) is 12.8. The minimum absolute atomic E-state index is 0.329. The predicted octanol–water partition coefficient (Wildman–Crippen LogP) is 1.09. The normalized spacial score (nSPS) is 17.2. The number of methoxy groups -OCH3 is 1. The van der Waals surface area contributed by atoms with Crippen LogP contribution in [0, 0.1) is 0 Å². The standard InChI is InChI=1S/C13H18N2O3/c1-17-13(16)11-4-2-5-14-12(11)10-15-6-3-8-18-9-7-15/h2,4-5H,3,6-10H2,1H3. The highest BCUT2D eigenvalue weighted by Crippen LogP contribution is 2.11. The van der Waals surface area contributed by atoms with Gasteiger partial charge < -0.3 is 9.47 Å². The molecule has 1 fully saturated rings. The molecule has 0 unspecified atom stereocenters. The number of hydrogen-bond donors (Lipinski definition) is 0. The lowest BCUT2D eigenvalue weighted by Gasteiger charge is -2.19. The summed E-state index contributed by atoms with van der Waals surface area (Å²) in [5.41, 5.74) is 1.32. The Morgan fingerprint density at radius 3 is 3.22 bits per heavy atom. The lowest BCUT2D eigenvalue weighted by atomic mass is 10.2. The van der Waals surface area contributed by atoms with Crippen LogP contribution in [0.2, 0.25) is 0 Å². The molecular formula is C13H18N2O3. The number of aromatic nitrogens is 1. The van der Waals surface area contributed by atoms with Crippen LogP contribution in [0.5, 0.6) is 0 Å². The van der Waals surface area contributed by atoms with Gasteiger partial charge in [-0.05, 0) is 18.6 Å². The minimum Gasteiger partial charge on any atom is -0.465 e. The van der Waals surface area contributed by atoms with E-state index in [1.54, 1.807) is 18.3 Å². The summed E-state index contributed by atoms with van der Waals surface area (Å²) in [6, 6.07) is 3.50. The average Bonchev–Trinajstić information content (AvgIpc) is 2.67. The predicted molar refractivity (Wildman–Crippen MR) is 66.3 cm³/mol. The van der Waals surface area contributed by atoms with Crippen molar-refractivity contribution in [3.63, 3.8) is 0 Å². The summed E-state index contributed by atoms with van der Waals surface area (Å²) < 4.78 is 10.2. The molecule has 0 atom stereocenters. The van der Waals surface area contributed by atoms with Crippen LogP contribution < -0.4 is 0 Å². The maximum absolute atomic E-state index is 11.6. The summed E-state index contributed by atoms with van der Waals surface area (Å²) in [5.74, 6) is -0.329. The van der Waals surface area contributed by atoms with Gasteiger partial charge in [-0.3, -0.25) is 9.88 Å². The number of rotatable bonds is 3. The van der Waals surface area contributed by atoms with E-state index < -0.39 is 0 Å². The number of carbonyl (C=O) groups is 1. The van der Waals surface area contributed by atoms with Gasteiger partial charge in [-0.2, -0.15) is 0 Å². The molecule has 0 radical (unpaired) electrons. The summed E-state index contributed by atoms with van der Waals surface area (Å²) in [7, 11) is 1.39. The lowest BCUT2D eigenvalue weighted by Crippen LogP contribution is -2.27. The van der Waals surface area contributed by atoms with Gasteiger partial charge in [0, 0.05) is 32.4 Å². The van der Waals surface area contributed by atoms with Gasteiger partial charge in [0.1, 0.15) is 0 Å². The number of hydrogen-bond acceptors (Lipinski definition) is 5. The fourth-order valence-electron chi connectivity index (χ4n) is 2.03. The number of pyridine rings is 1. The largest absolute Gasteiger partial charge is 0.465 e. The Balaban J connectivity index is 2.10. The molecule has 0 aliphatic carbocycles. The van der Waals surface area contributed by atoms with Crippen LogP contribution in [0.3, 0.4) is 0 Å². The van der Waals surface area contributed by atoms with Crippen LogP contribution in [0.1, 0.15) is 22.5 Å². The van der Waals surface area contributed by atoms with Crippen molar-refractivity contribution in [1.82, 2.24) is 9.88 Å². The van der Waals surface area contributed by atoms with E-state index in [-0.39, 0.29) is 5.97 Å². The zero-order valence-electron chi connectivity index (χ0n) is 10.6. The monoisotopic (exact) mass is 250 g/mol. The van der Waals surface area contributed by atoms with E-state index in [1.165, 1.54) is 7.11 Å². The van der Waals surface area contributed by atoms with Gasteiger partial charge in [-0.15, -0.1) is 0 Å². The highest BCUT2D eigenvalue weighted by molar-refractivity contribution is 5.90. The van der Waals surface area contributed by atoms with Gasteiger partial charge in [-0.25, -0.2) is 4.79 Å². The molecule has 0 bridgehead atoms. The molecule has 18 heavy (non-hydrogen) atoms. The van der Waals surface area contributed by atoms with Gasteiger partial charge in [0.15, 0.2) is 0 Å². The fraction of sp³-hybridized carbons (Fsp3) is 0.538. The maximum Gasteiger partial charge on any atom is 0.339 e. The molecule has 1 aliphatic heterocycles. The van der Waals surface area contributed by atoms with Crippen molar-refractivity contribution < 1.29 is 14.3 Å². The fourth-order valence-corrected chi connectivity index (χ4v) is 2.03. The van der Waals surface area contributed by atoms with E-state index in [1.807, 2.05) is 0 Å². The first-order chi connectivity index (χ1) is 8.81. The number of esters is 1. The molecule has 2 rings (SSSR count). The summed E-state index contributed by atoms with van der Waals surface area (Å²) in [6.45, 7) is 4.05. The Kier molecular flexibility index (Phi) is 4.66. The summed E-state index contributed by atoms with van der Waals surface area (Å²) in [5, 5.41) is 0. The number of ether oxygens (including phenoxy) is 2. The van der Waals surface area contributed by atoms with Crippen molar-refractivity contribution in [3.8, 4) is 0 Å². The van der Waals surface area contributed by atoms with Crippen molar-refractivity contribution in [2.45, 2.75) is 13.0 Å². The van der Waals surface area contributed by atoms with Gasteiger partial charge in [0.2, 0.25) is 0 Å². The molecule has 0 saturated carbocycles. The van der Waals surface area contributed by atoms with Crippen molar-refractivity contribution in [1.29, 1.82) is 0 Å². The Morgan fingerprint density at radius 2 is 2.39 bits per heavy atom. The summed E-state index contributed by atoms with van der Waals surface area (Å²) >= 11 is 0. The molecule has 0 N–H and O–H groups in total. The first-order valence-electron chi connectivity index (χ1n) is 6.13. The Morgan fingerprint density at radius 1 is 1.50 bits per heavy atom. The van der Waals surface area contributed by atoms with Gasteiger partial charge in [0.05, 0.1) is 25.0 Å². The van der Waals surface area contributed by atoms with Crippen LogP contribution >= 0.6 is 0 Å². The third-order valence-corrected chi connectivity index (χ3v) is 2.98. The zero-order valence-corrected chi connectivity index (χ0v) is 10.6. The molecule has 1 saturated heterocycles. The molecule has 0 spiro atoms. The second kappa shape index (κ2) is 6.47. The SMILES string of the molecule is COC(=O)c1cccnc1CN1CCCOCC1. The van der Waals surface area contributed by atoms with Crippen LogP contribution in [0.25, 0.3) is 0 Å². The number of carbonyl (C=O) groups excluding carboxylic acids is 1. The second-order valence-electron chi connectivity index (χ2n) is 4.23. The van der Waals surface area contributed by atoms with Gasteiger partial charge >= 0.3 is 5.97 Å². The van der Waals surface area contributed by atoms with Gasteiger partial charge in [0.25, 0.3) is 0 Å². The maximum atomic E-state index is 11.6. The number of nitrogens with zero attached hydrogens (tertiary/aromatic N) is 2. The molecule has 2 heterocycles. The van der Waals surface area contributed by atoms with E-state index in [0.29, 0.717) is 12.1 Å². The smallest absolute Gasteiger partial charge is 0.339 e. The van der Waals surface area contributed by atoms with Crippen molar-refractivity contribution in [2.24, 2.45) is 0 Å². The highest BCUT2D eigenvalue weighted by Gasteiger charge is 2.16. The van der Waals surface area contributed by atoms with Crippen LogP contribution in [-0.4, -0.2) is 49.3 Å². The quantitative estimate of drug-likeness (QED) is 0.752. The van der Waals surface area contributed by atoms with Crippen LogP contribution in [0.15, 0.2) is 18.3 Å². The highest BCUT2D eigenvalue weighted by atomic mass is 16.5. The van der Waals surface area contributed by atoms with E-state index in [4.69, 9.17) is 9.47 Å². The summed E-state index contributed by atoms with van der Waals surface area (Å²) in [4.78, 5) is 18.2. The summed E-state index contributed by atoms with van der Waals surface area (Å²) in [6.07, 6.45) is 2.72. The third kappa shape index (κ3) is 3.27. The second-order valence-corrected chi connectivity index (χ2v) is 4.23. The van der Waals surface area contributed by atoms with E-state index in [0.717, 1.165) is 38.4 Å². The lowest BCUT2D eigenvalue weighted by molar-refractivity contribution is 0.0597. The van der Waals surface area contributed by atoms with Crippen LogP contribution in [-0.2, 0) is 16.0 Å². The van der Waals surface area contributed by atoms with E-state index >= 15 is 0 Å². The molecule has 0 amide bonds. The third-order valence-electron chi connectivity index (χ3n) is 2.98. The first kappa shape index (κ1) is 13.0. The Labute approximate surface area is 107 Å². The topological polar surface area (TPSA) is 51.7 Å². The molecular weight excluding hydrogens is 232 g/mol. The Bertz CT molecular complexity index is 401. The molecule has 1 aromatic heterocycles. The van der Waals surface area contributed by atoms with Crippen molar-refractivity contribution >= 4 is 5.97 Å². The molecule has 0 aromatic carbocycles. The minimum atomic E-state index is -0.329. The average molecular weight is 250 g/mol. The Hall–Kier alpha value is -1.46. The van der Waals surface area contributed by atoms with Gasteiger partial charge in [-0.1, -0.05) is 0 Å². The molecule has 1 aliphatic rings. The van der Waals surface area contributed by atoms with E-state index in [2.05, 4.69) is 9.88 Å². The molecule has 5 nitrogen and oxygen atoms in total.